The highest BCUT2D eigenvalue weighted by atomic mass is 79.9. The van der Waals surface area contributed by atoms with E-state index >= 15 is 0 Å². The van der Waals surface area contributed by atoms with Gasteiger partial charge in [-0.3, -0.25) is 4.79 Å². The van der Waals surface area contributed by atoms with E-state index in [0.29, 0.717) is 16.9 Å². The van der Waals surface area contributed by atoms with Crippen molar-refractivity contribution in [1.82, 2.24) is 9.78 Å². The summed E-state index contributed by atoms with van der Waals surface area (Å²) in [5.74, 6) is 0.507. The van der Waals surface area contributed by atoms with Crippen LogP contribution >= 0.6 is 15.9 Å². The second-order valence-corrected chi connectivity index (χ2v) is 5.05. The molecule has 2 heterocycles. The maximum atomic E-state index is 11.9. The molecule has 0 aromatic carbocycles. The largest absolute Gasteiger partial charge is 0.382 e. The number of halogens is 1. The van der Waals surface area contributed by atoms with Gasteiger partial charge in [-0.15, -0.1) is 6.58 Å². The van der Waals surface area contributed by atoms with Crippen LogP contribution in [-0.4, -0.2) is 29.5 Å². The van der Waals surface area contributed by atoms with E-state index in [9.17, 15) is 4.79 Å². The molecule has 5 nitrogen and oxygen atoms in total. The minimum Gasteiger partial charge on any atom is -0.382 e. The van der Waals surface area contributed by atoms with Crippen molar-refractivity contribution in [3.8, 4) is 0 Å². The van der Waals surface area contributed by atoms with Crippen LogP contribution in [0.3, 0.4) is 0 Å². The topological polar surface area (TPSA) is 56.1 Å². The number of nitrogens with one attached hydrogen (secondary N) is 1. The Morgan fingerprint density at radius 1 is 1.72 bits per heavy atom. The third-order valence-corrected chi connectivity index (χ3v) is 3.66. The maximum Gasteiger partial charge on any atom is 0.283 e. The molecule has 0 saturated carbocycles. The van der Waals surface area contributed by atoms with E-state index in [-0.39, 0.29) is 5.56 Å². The zero-order chi connectivity index (χ0) is 13.0. The predicted molar refractivity (Wildman–Crippen MR) is 73.8 cm³/mol. The van der Waals surface area contributed by atoms with Crippen molar-refractivity contribution in [2.24, 2.45) is 5.92 Å². The molecule has 1 N–H and O–H groups in total. The smallest absolute Gasteiger partial charge is 0.283 e. The van der Waals surface area contributed by atoms with Crippen molar-refractivity contribution in [2.75, 3.05) is 25.1 Å². The molecule has 1 atom stereocenters. The molecule has 1 aromatic heterocycles. The number of nitrogens with zero attached hydrogens (tertiary/aromatic N) is 2. The maximum absolute atomic E-state index is 11.9. The normalized spacial score (nSPS) is 18.8. The molecular weight excluding hydrogens is 298 g/mol. The summed E-state index contributed by atoms with van der Waals surface area (Å²) in [6.07, 6.45) is 4.36. The quantitative estimate of drug-likeness (QED) is 0.840. The molecule has 0 bridgehead atoms. The summed E-state index contributed by atoms with van der Waals surface area (Å²) in [5.41, 5.74) is 0.579. The van der Waals surface area contributed by atoms with Gasteiger partial charge in [-0.1, -0.05) is 6.08 Å². The lowest BCUT2D eigenvalue weighted by Gasteiger charge is -2.12. The first-order valence-corrected chi connectivity index (χ1v) is 6.69. The lowest BCUT2D eigenvalue weighted by Crippen LogP contribution is -2.25. The van der Waals surface area contributed by atoms with Gasteiger partial charge in [0.25, 0.3) is 5.56 Å². The minimum atomic E-state index is -0.150. The average Bonchev–Trinajstić information content (AvgIpc) is 2.87. The van der Waals surface area contributed by atoms with Crippen LogP contribution in [0.1, 0.15) is 6.42 Å². The van der Waals surface area contributed by atoms with Gasteiger partial charge in [0, 0.05) is 19.1 Å². The van der Waals surface area contributed by atoms with Crippen LogP contribution in [0.15, 0.2) is 28.1 Å². The Morgan fingerprint density at radius 2 is 2.56 bits per heavy atom. The third-order valence-electron chi connectivity index (χ3n) is 2.89. The number of hydrogen-bond acceptors (Lipinski definition) is 4. The zero-order valence-electron chi connectivity index (χ0n) is 10.1. The summed E-state index contributed by atoms with van der Waals surface area (Å²) < 4.78 is 7.18. The standard InChI is InChI=1S/C12H16BrN3O2/c1-2-4-16-12(17)11(13)10(7-15-16)14-6-9-3-5-18-8-9/h2,7,9,14H,1,3-6,8H2. The van der Waals surface area contributed by atoms with E-state index in [2.05, 4.69) is 32.9 Å². The fourth-order valence-electron chi connectivity index (χ4n) is 1.84. The molecule has 98 valence electrons. The summed E-state index contributed by atoms with van der Waals surface area (Å²) in [6, 6.07) is 0. The first kappa shape index (κ1) is 13.3. The van der Waals surface area contributed by atoms with Crippen LogP contribution in [0.4, 0.5) is 5.69 Å². The molecule has 1 saturated heterocycles. The number of aromatic nitrogens is 2. The number of rotatable bonds is 5. The Kier molecular flexibility index (Phi) is 4.54. The van der Waals surface area contributed by atoms with Crippen LogP contribution < -0.4 is 10.9 Å². The molecule has 0 amide bonds. The van der Waals surface area contributed by atoms with Gasteiger partial charge in [-0.05, 0) is 22.4 Å². The minimum absolute atomic E-state index is 0.150. The van der Waals surface area contributed by atoms with Crippen LogP contribution in [0, 0.1) is 5.92 Å². The molecular formula is C12H16BrN3O2. The van der Waals surface area contributed by atoms with Crippen molar-refractivity contribution < 1.29 is 4.74 Å². The van der Waals surface area contributed by atoms with Gasteiger partial charge in [0.05, 0.1) is 25.0 Å². The fourth-order valence-corrected chi connectivity index (χ4v) is 2.29. The van der Waals surface area contributed by atoms with Gasteiger partial charge in [-0.25, -0.2) is 4.68 Å². The lowest BCUT2D eigenvalue weighted by atomic mass is 10.1. The molecule has 18 heavy (non-hydrogen) atoms. The Labute approximate surface area is 114 Å². The first-order valence-electron chi connectivity index (χ1n) is 5.90. The number of hydrogen-bond donors (Lipinski definition) is 1. The van der Waals surface area contributed by atoms with Gasteiger partial charge in [0.15, 0.2) is 0 Å². The molecule has 0 aliphatic carbocycles. The molecule has 1 aliphatic rings. The Hall–Kier alpha value is -1.14. The van der Waals surface area contributed by atoms with Crippen molar-refractivity contribution in [3.63, 3.8) is 0 Å². The highest BCUT2D eigenvalue weighted by Crippen LogP contribution is 2.18. The summed E-state index contributed by atoms with van der Waals surface area (Å²) in [5, 5.41) is 7.32. The van der Waals surface area contributed by atoms with Crippen LogP contribution in [0.5, 0.6) is 0 Å². The molecule has 1 unspecified atom stereocenters. The Balaban J connectivity index is 2.06. The molecule has 1 aromatic rings. The van der Waals surface area contributed by atoms with Gasteiger partial charge in [0.2, 0.25) is 0 Å². The SMILES string of the molecule is C=CCn1ncc(NCC2CCOC2)c(Br)c1=O. The molecule has 2 rings (SSSR count). The average molecular weight is 314 g/mol. The first-order chi connectivity index (χ1) is 8.72. The van der Waals surface area contributed by atoms with Crippen molar-refractivity contribution in [1.29, 1.82) is 0 Å². The van der Waals surface area contributed by atoms with Crippen molar-refractivity contribution >= 4 is 21.6 Å². The van der Waals surface area contributed by atoms with Gasteiger partial charge >= 0.3 is 0 Å². The van der Waals surface area contributed by atoms with E-state index in [0.717, 1.165) is 31.9 Å². The zero-order valence-corrected chi connectivity index (χ0v) is 11.6. The van der Waals surface area contributed by atoms with Crippen LogP contribution in [0.2, 0.25) is 0 Å². The molecule has 6 heteroatoms. The Bertz CT molecular complexity index is 481. The summed E-state index contributed by atoms with van der Waals surface area (Å²) in [6.45, 7) is 6.41. The molecule has 1 aliphatic heterocycles. The monoisotopic (exact) mass is 313 g/mol. The fraction of sp³-hybridized carbons (Fsp3) is 0.500. The van der Waals surface area contributed by atoms with Crippen molar-refractivity contribution in [3.05, 3.63) is 33.7 Å². The van der Waals surface area contributed by atoms with E-state index in [1.165, 1.54) is 4.68 Å². The highest BCUT2D eigenvalue weighted by Gasteiger charge is 2.16. The summed E-state index contributed by atoms with van der Waals surface area (Å²) in [4.78, 5) is 11.9. The van der Waals surface area contributed by atoms with E-state index in [1.54, 1.807) is 12.3 Å². The Morgan fingerprint density at radius 3 is 3.22 bits per heavy atom. The van der Waals surface area contributed by atoms with E-state index < -0.39 is 0 Å². The summed E-state index contributed by atoms with van der Waals surface area (Å²) >= 11 is 3.31. The molecule has 0 spiro atoms. The molecule has 0 radical (unpaired) electrons. The van der Waals surface area contributed by atoms with Crippen LogP contribution in [-0.2, 0) is 11.3 Å². The highest BCUT2D eigenvalue weighted by molar-refractivity contribution is 9.10. The number of allylic oxidation sites excluding steroid dienone is 1. The predicted octanol–water partition coefficient (Wildman–Crippen LogP) is 1.64. The van der Waals surface area contributed by atoms with Gasteiger partial charge < -0.3 is 10.1 Å². The second kappa shape index (κ2) is 6.15. The molecule has 1 fully saturated rings. The van der Waals surface area contributed by atoms with Gasteiger partial charge in [0.1, 0.15) is 4.47 Å². The summed E-state index contributed by atoms with van der Waals surface area (Å²) in [7, 11) is 0. The lowest BCUT2D eigenvalue weighted by molar-refractivity contribution is 0.187. The van der Waals surface area contributed by atoms with Gasteiger partial charge in [-0.2, -0.15) is 5.10 Å². The number of anilines is 1. The van der Waals surface area contributed by atoms with E-state index in [1.807, 2.05) is 0 Å². The van der Waals surface area contributed by atoms with Crippen molar-refractivity contribution in [2.45, 2.75) is 13.0 Å². The van der Waals surface area contributed by atoms with E-state index in [4.69, 9.17) is 4.74 Å². The second-order valence-electron chi connectivity index (χ2n) is 4.26. The van der Waals surface area contributed by atoms with Crippen LogP contribution in [0.25, 0.3) is 0 Å². The third kappa shape index (κ3) is 3.00. The number of ether oxygens (including phenoxy) is 1.